The van der Waals surface area contributed by atoms with Crippen molar-refractivity contribution in [2.45, 2.75) is 12.1 Å². The van der Waals surface area contributed by atoms with Crippen LogP contribution in [0.1, 0.15) is 6.92 Å². The van der Waals surface area contributed by atoms with Gasteiger partial charge >= 0.3 is 0 Å². The van der Waals surface area contributed by atoms with E-state index in [0.717, 1.165) is 28.5 Å². The normalized spacial score (nSPS) is 11.0. The van der Waals surface area contributed by atoms with Gasteiger partial charge in [0.1, 0.15) is 11.6 Å². The molecule has 0 unspecified atom stereocenters. The smallest absolute Gasteiger partial charge is 0.266 e. The molecular weight excluding hydrogens is 396 g/mol. The van der Waals surface area contributed by atoms with Crippen LogP contribution in [0.15, 0.2) is 46.3 Å². The monoisotopic (exact) mass is 409 g/mol. The number of nitrogens with zero attached hydrogens (tertiary/aromatic N) is 2. The highest BCUT2D eigenvalue weighted by molar-refractivity contribution is 7.99. The predicted octanol–water partition coefficient (Wildman–Crippen LogP) is 3.55. The van der Waals surface area contributed by atoms with E-state index in [4.69, 9.17) is 11.6 Å². The number of fused-ring (bicyclic) bond motifs is 1. The lowest BCUT2D eigenvalue weighted by molar-refractivity contribution is -0.118. The number of hydrogen-bond acceptors (Lipinski definition) is 4. The van der Waals surface area contributed by atoms with Gasteiger partial charge in [-0.05, 0) is 37.3 Å². The summed E-state index contributed by atoms with van der Waals surface area (Å²) in [6.07, 6.45) is 0. The number of amides is 1. The Morgan fingerprint density at radius 1 is 1.26 bits per heavy atom. The van der Waals surface area contributed by atoms with Crippen molar-refractivity contribution in [2.24, 2.45) is 0 Å². The summed E-state index contributed by atoms with van der Waals surface area (Å²) in [7, 11) is 0. The molecule has 0 atom stereocenters. The van der Waals surface area contributed by atoms with E-state index in [1.807, 2.05) is 0 Å². The molecule has 0 aliphatic heterocycles. The molecule has 0 fully saturated rings. The lowest BCUT2D eigenvalue weighted by Crippen LogP contribution is -2.26. The summed E-state index contributed by atoms with van der Waals surface area (Å²) in [6, 6.07) is 7.47. The molecule has 1 amide bonds. The average molecular weight is 410 g/mol. The Hall–Kier alpha value is -2.45. The standard InChI is InChI=1S/C18H14ClF2N3O2S/c1-2-22-16(25)9-27-18-23-14-5-3-10(19)7-12(14)17(26)24(18)15-6-4-11(20)8-13(15)21/h3-8H,2,9H2,1H3,(H,22,25). The van der Waals surface area contributed by atoms with Crippen LogP contribution >= 0.6 is 23.4 Å². The second-order valence-corrected chi connectivity index (χ2v) is 6.91. The third kappa shape index (κ3) is 4.12. The largest absolute Gasteiger partial charge is 0.356 e. The molecule has 1 heterocycles. The first kappa shape index (κ1) is 19.3. The highest BCUT2D eigenvalue weighted by Crippen LogP contribution is 2.24. The van der Waals surface area contributed by atoms with Gasteiger partial charge in [0.25, 0.3) is 5.56 Å². The Morgan fingerprint density at radius 3 is 2.74 bits per heavy atom. The molecule has 2 aromatic carbocycles. The fourth-order valence-electron chi connectivity index (χ4n) is 2.49. The number of carbonyl (C=O) groups excluding carboxylic acids is 1. The first-order chi connectivity index (χ1) is 12.9. The van der Waals surface area contributed by atoms with Crippen molar-refractivity contribution in [2.75, 3.05) is 12.3 Å². The summed E-state index contributed by atoms with van der Waals surface area (Å²) >= 11 is 6.94. The van der Waals surface area contributed by atoms with E-state index in [0.29, 0.717) is 23.2 Å². The maximum Gasteiger partial charge on any atom is 0.266 e. The van der Waals surface area contributed by atoms with E-state index in [1.165, 1.54) is 6.07 Å². The van der Waals surface area contributed by atoms with E-state index in [-0.39, 0.29) is 27.9 Å². The molecule has 27 heavy (non-hydrogen) atoms. The van der Waals surface area contributed by atoms with Crippen LogP contribution in [0.4, 0.5) is 8.78 Å². The molecule has 5 nitrogen and oxygen atoms in total. The van der Waals surface area contributed by atoms with Gasteiger partial charge in [0.15, 0.2) is 5.16 Å². The molecule has 3 rings (SSSR count). The van der Waals surface area contributed by atoms with Crippen LogP contribution in [-0.4, -0.2) is 27.8 Å². The minimum absolute atomic E-state index is 0.0117. The van der Waals surface area contributed by atoms with Crippen LogP contribution in [0.3, 0.4) is 0 Å². The fraction of sp³-hybridized carbons (Fsp3) is 0.167. The third-order valence-electron chi connectivity index (χ3n) is 3.66. The zero-order chi connectivity index (χ0) is 19.6. The molecule has 0 aliphatic carbocycles. The molecular formula is C18H14ClF2N3O2S. The van der Waals surface area contributed by atoms with E-state index in [1.54, 1.807) is 19.1 Å². The van der Waals surface area contributed by atoms with E-state index < -0.39 is 17.2 Å². The number of hydrogen-bond donors (Lipinski definition) is 1. The zero-order valence-corrected chi connectivity index (χ0v) is 15.7. The van der Waals surface area contributed by atoms with Gasteiger partial charge in [-0.2, -0.15) is 0 Å². The van der Waals surface area contributed by atoms with Crippen LogP contribution in [0.25, 0.3) is 16.6 Å². The fourth-order valence-corrected chi connectivity index (χ4v) is 3.50. The molecule has 1 N–H and O–H groups in total. The molecule has 9 heteroatoms. The lowest BCUT2D eigenvalue weighted by atomic mass is 10.2. The van der Waals surface area contributed by atoms with Crippen molar-refractivity contribution in [1.29, 1.82) is 0 Å². The SMILES string of the molecule is CCNC(=O)CSc1nc2ccc(Cl)cc2c(=O)n1-c1ccc(F)cc1F. The lowest BCUT2D eigenvalue weighted by Gasteiger charge is -2.14. The minimum Gasteiger partial charge on any atom is -0.356 e. The Morgan fingerprint density at radius 2 is 2.04 bits per heavy atom. The summed E-state index contributed by atoms with van der Waals surface area (Å²) in [5, 5.41) is 3.27. The maximum absolute atomic E-state index is 14.4. The van der Waals surface area contributed by atoms with Crippen molar-refractivity contribution < 1.29 is 13.6 Å². The summed E-state index contributed by atoms with van der Waals surface area (Å²) in [5.74, 6) is -1.95. The second kappa shape index (κ2) is 8.06. The molecule has 0 saturated carbocycles. The Kier molecular flexibility index (Phi) is 5.76. The number of aromatic nitrogens is 2. The van der Waals surface area contributed by atoms with Gasteiger partial charge in [0.2, 0.25) is 5.91 Å². The molecule has 1 aromatic heterocycles. The molecule has 0 aliphatic rings. The van der Waals surface area contributed by atoms with Gasteiger partial charge in [-0.25, -0.2) is 13.8 Å². The Bertz CT molecular complexity index is 1090. The predicted molar refractivity (Wildman–Crippen MR) is 102 cm³/mol. The van der Waals surface area contributed by atoms with Gasteiger partial charge < -0.3 is 5.32 Å². The molecule has 0 radical (unpaired) electrons. The Labute approximate surface area is 162 Å². The number of thioether (sulfide) groups is 1. The summed E-state index contributed by atoms with van der Waals surface area (Å²) in [5.41, 5.74) is -0.359. The topological polar surface area (TPSA) is 64.0 Å². The minimum atomic E-state index is -0.917. The van der Waals surface area contributed by atoms with Crippen LogP contribution in [0, 0.1) is 11.6 Å². The van der Waals surface area contributed by atoms with Gasteiger partial charge in [-0.1, -0.05) is 23.4 Å². The second-order valence-electron chi connectivity index (χ2n) is 5.53. The van der Waals surface area contributed by atoms with Crippen molar-refractivity contribution >= 4 is 40.2 Å². The van der Waals surface area contributed by atoms with Crippen LogP contribution in [-0.2, 0) is 4.79 Å². The summed E-state index contributed by atoms with van der Waals surface area (Å²) in [4.78, 5) is 29.2. The molecule has 0 spiro atoms. The molecule has 140 valence electrons. The highest BCUT2D eigenvalue weighted by atomic mass is 35.5. The first-order valence-corrected chi connectivity index (χ1v) is 9.34. The van der Waals surface area contributed by atoms with Crippen LogP contribution in [0.5, 0.6) is 0 Å². The number of nitrogens with one attached hydrogen (secondary N) is 1. The number of carbonyl (C=O) groups is 1. The van der Waals surface area contributed by atoms with Crippen molar-refractivity contribution in [3.05, 3.63) is 63.4 Å². The molecule has 0 saturated heterocycles. The number of halogens is 3. The summed E-state index contributed by atoms with van der Waals surface area (Å²) in [6.45, 7) is 2.24. The van der Waals surface area contributed by atoms with E-state index in [9.17, 15) is 18.4 Å². The van der Waals surface area contributed by atoms with Crippen molar-refractivity contribution in [3.8, 4) is 5.69 Å². The van der Waals surface area contributed by atoms with E-state index >= 15 is 0 Å². The molecule has 0 bridgehead atoms. The third-order valence-corrected chi connectivity index (χ3v) is 4.83. The summed E-state index contributed by atoms with van der Waals surface area (Å²) < 4.78 is 28.7. The van der Waals surface area contributed by atoms with Gasteiger partial charge in [-0.15, -0.1) is 0 Å². The average Bonchev–Trinajstić information content (AvgIpc) is 2.62. The van der Waals surface area contributed by atoms with Gasteiger partial charge in [0.05, 0.1) is 22.3 Å². The van der Waals surface area contributed by atoms with Crippen LogP contribution in [0.2, 0.25) is 5.02 Å². The first-order valence-electron chi connectivity index (χ1n) is 7.98. The zero-order valence-electron chi connectivity index (χ0n) is 14.1. The maximum atomic E-state index is 14.4. The van der Waals surface area contributed by atoms with Gasteiger partial charge in [-0.3, -0.25) is 14.2 Å². The Balaban J connectivity index is 2.20. The number of benzene rings is 2. The number of rotatable bonds is 5. The molecule has 3 aromatic rings. The van der Waals surface area contributed by atoms with Crippen LogP contribution < -0.4 is 10.9 Å². The van der Waals surface area contributed by atoms with Crippen molar-refractivity contribution in [1.82, 2.24) is 14.9 Å². The highest BCUT2D eigenvalue weighted by Gasteiger charge is 2.18. The van der Waals surface area contributed by atoms with Crippen molar-refractivity contribution in [3.63, 3.8) is 0 Å². The van der Waals surface area contributed by atoms with Gasteiger partial charge in [0, 0.05) is 17.6 Å². The quantitative estimate of drug-likeness (QED) is 0.517. The van der Waals surface area contributed by atoms with E-state index in [2.05, 4.69) is 10.3 Å².